The van der Waals surface area contributed by atoms with Crippen LogP contribution in [0, 0.1) is 0 Å². The topological polar surface area (TPSA) is 272 Å². The summed E-state index contributed by atoms with van der Waals surface area (Å²) >= 11 is 0. The van der Waals surface area contributed by atoms with Crippen LogP contribution in [0.15, 0.2) is 29.7 Å². The molecule has 0 bridgehead atoms. The van der Waals surface area contributed by atoms with Gasteiger partial charge in [-0.2, -0.15) is 4.98 Å². The smallest absolute Gasteiger partial charge is 0.390 e. The van der Waals surface area contributed by atoms with Gasteiger partial charge in [0.05, 0.1) is 19.0 Å². The van der Waals surface area contributed by atoms with Crippen molar-refractivity contribution in [2.75, 3.05) is 24.7 Å². The normalized spacial score (nSPS) is 28.6. The molecule has 21 heteroatoms. The number of fused-ring (bicyclic) bond motifs is 1. The number of ether oxygens (including phenoxy) is 2. The number of nitrogens with zero attached hydrogens (tertiary/aromatic N) is 6. The van der Waals surface area contributed by atoms with Crippen LogP contribution in [0.25, 0.3) is 11.2 Å². The highest BCUT2D eigenvalue weighted by Crippen LogP contribution is 2.49. The summed E-state index contributed by atoms with van der Waals surface area (Å²) in [4.78, 5) is 47.3. The molecule has 2 aliphatic rings. The van der Waals surface area contributed by atoms with E-state index in [1.165, 1.54) is 29.5 Å². The maximum atomic E-state index is 12.8. The van der Waals surface area contributed by atoms with E-state index in [1.807, 2.05) is 0 Å². The van der Waals surface area contributed by atoms with Crippen LogP contribution in [0.2, 0.25) is 0 Å². The number of hydrogen-bond donors (Lipinski definition) is 5. The molecule has 3 aromatic heterocycles. The highest BCUT2D eigenvalue weighted by Gasteiger charge is 2.44. The van der Waals surface area contributed by atoms with Gasteiger partial charge in [0.25, 0.3) is 0 Å². The Hall–Kier alpha value is -2.96. The van der Waals surface area contributed by atoms with E-state index in [-0.39, 0.29) is 24.5 Å². The lowest BCUT2D eigenvalue weighted by Crippen LogP contribution is -2.30. The van der Waals surface area contributed by atoms with Crippen molar-refractivity contribution in [1.29, 1.82) is 0 Å². The number of anilines is 2. The average molecular weight is 603 g/mol. The number of phosphoric ester groups is 1. The van der Waals surface area contributed by atoms with E-state index in [9.17, 15) is 23.9 Å². The number of nitrogens with two attached hydrogens (primary N) is 2. The Kier molecular flexibility index (Phi) is 8.21. The maximum absolute atomic E-state index is 12.8. The van der Waals surface area contributed by atoms with Gasteiger partial charge < -0.3 is 30.9 Å². The fraction of sp³-hybridized carbons (Fsp3) is 0.526. The second-order valence-electron chi connectivity index (χ2n) is 8.86. The second kappa shape index (κ2) is 11.5. The molecule has 2 unspecified atom stereocenters. The van der Waals surface area contributed by atoms with Crippen LogP contribution in [0.5, 0.6) is 0 Å². The number of rotatable bonds is 10. The summed E-state index contributed by atoms with van der Waals surface area (Å²) < 4.78 is 53.3. The van der Waals surface area contributed by atoms with Crippen molar-refractivity contribution in [2.24, 2.45) is 0 Å². The van der Waals surface area contributed by atoms with Crippen molar-refractivity contribution in [3.05, 3.63) is 35.4 Å². The third kappa shape index (κ3) is 6.18. The average Bonchev–Trinajstić information content (AvgIpc) is 3.58. The number of nitrogen functional groups attached to an aromatic ring is 2. The zero-order valence-corrected chi connectivity index (χ0v) is 22.2. The zero-order valence-electron chi connectivity index (χ0n) is 20.4. The van der Waals surface area contributed by atoms with Crippen molar-refractivity contribution in [1.82, 2.24) is 29.1 Å². The lowest BCUT2D eigenvalue weighted by atomic mass is 10.2. The molecule has 0 aliphatic carbocycles. The third-order valence-corrected chi connectivity index (χ3v) is 7.65. The molecular weight excluding hydrogens is 578 g/mol. The number of phosphoric acid groups is 1. The number of aliphatic hydroxyl groups excluding tert-OH is 1. The molecule has 0 amide bonds. The second-order valence-corrected chi connectivity index (χ2v) is 11.0. The molecule has 0 aromatic carbocycles. The van der Waals surface area contributed by atoms with Crippen molar-refractivity contribution in [2.45, 2.75) is 49.7 Å². The highest BCUT2D eigenvalue weighted by atomic mass is 31.2. The Morgan fingerprint density at radius 1 is 1.12 bits per heavy atom. The molecule has 5 heterocycles. The molecule has 7 N–H and O–H groups in total. The van der Waals surface area contributed by atoms with Crippen LogP contribution >= 0.6 is 16.1 Å². The van der Waals surface area contributed by atoms with Gasteiger partial charge in [0.2, 0.25) is 0 Å². The standard InChI is InChI=1S/C19H24N8O11P2/c20-13-1-2-26(19(29)25-13)14-3-9(28)11(36-14)6-35-40(32,33)38-10-4-15(37-12(10)5-34-39(30)31)27-8-24-16-17(21)22-7-23-18(16)27/h1-2,7-12,14-15,28H,3-6H2,(H5-,20,21,22,23,25,29,30,31,32,33)/p+1/t9-,10-,11+,12+,14+,15+/m0/s1. The number of aliphatic hydroxyl groups is 1. The van der Waals surface area contributed by atoms with Crippen LogP contribution in [0.4, 0.5) is 11.6 Å². The van der Waals surface area contributed by atoms with Crippen LogP contribution in [0.1, 0.15) is 25.3 Å². The quantitative estimate of drug-likeness (QED) is 0.180. The Morgan fingerprint density at radius 2 is 1.88 bits per heavy atom. The highest BCUT2D eigenvalue weighted by molar-refractivity contribution is 7.47. The minimum absolute atomic E-state index is 0.0139. The van der Waals surface area contributed by atoms with Gasteiger partial charge in [-0.3, -0.25) is 18.2 Å². The first kappa shape index (κ1) is 28.6. The van der Waals surface area contributed by atoms with E-state index >= 15 is 0 Å². The first-order valence-corrected chi connectivity index (χ1v) is 14.3. The number of hydrogen-bond acceptors (Lipinski definition) is 15. The van der Waals surface area contributed by atoms with Gasteiger partial charge in [-0.1, -0.05) is 0 Å². The fourth-order valence-corrected chi connectivity index (χ4v) is 5.63. The summed E-state index contributed by atoms with van der Waals surface area (Å²) in [6.07, 6.45) is -2.24. The minimum Gasteiger partial charge on any atom is -0.390 e. The van der Waals surface area contributed by atoms with Gasteiger partial charge in [0.15, 0.2) is 11.5 Å². The van der Waals surface area contributed by atoms with Crippen molar-refractivity contribution in [3.63, 3.8) is 0 Å². The number of aromatic nitrogens is 6. The van der Waals surface area contributed by atoms with Crippen molar-refractivity contribution < 1.29 is 47.1 Å². The minimum atomic E-state index is -4.80. The molecule has 8 atom stereocenters. The predicted octanol–water partition coefficient (Wildman–Crippen LogP) is -0.648. The van der Waals surface area contributed by atoms with Gasteiger partial charge >= 0.3 is 21.8 Å². The fourth-order valence-electron chi connectivity index (χ4n) is 4.40. The number of imidazole rings is 1. The molecule has 2 fully saturated rings. The Labute approximate surface area is 225 Å². The summed E-state index contributed by atoms with van der Waals surface area (Å²) in [6, 6.07) is 1.38. The molecule has 2 aliphatic heterocycles. The summed E-state index contributed by atoms with van der Waals surface area (Å²) in [5.41, 5.74) is 11.3. The molecule has 5 rings (SSSR count). The molecule has 2 saturated heterocycles. The van der Waals surface area contributed by atoms with Crippen LogP contribution in [-0.4, -0.2) is 81.6 Å². The van der Waals surface area contributed by atoms with E-state index in [0.717, 1.165) is 4.57 Å². The summed E-state index contributed by atoms with van der Waals surface area (Å²) in [6.45, 7) is -1.02. The Morgan fingerprint density at radius 3 is 2.62 bits per heavy atom. The van der Waals surface area contributed by atoms with Crippen LogP contribution < -0.4 is 17.2 Å². The molecule has 40 heavy (non-hydrogen) atoms. The summed E-state index contributed by atoms with van der Waals surface area (Å²) in [5, 5.41) is 10.4. The Balaban J connectivity index is 1.25. The first-order valence-electron chi connectivity index (χ1n) is 11.7. The zero-order chi connectivity index (χ0) is 28.6. The van der Waals surface area contributed by atoms with Crippen molar-refractivity contribution in [3.8, 4) is 0 Å². The largest absolute Gasteiger partial charge is 0.694 e. The van der Waals surface area contributed by atoms with Gasteiger partial charge in [0.1, 0.15) is 55.0 Å². The van der Waals surface area contributed by atoms with E-state index in [2.05, 4.69) is 19.9 Å². The molecule has 216 valence electrons. The first-order chi connectivity index (χ1) is 19.0. The predicted molar refractivity (Wildman–Crippen MR) is 132 cm³/mol. The Bertz CT molecular complexity index is 1500. The van der Waals surface area contributed by atoms with Gasteiger partial charge in [-0.15, -0.1) is 9.42 Å². The molecule has 0 spiro atoms. The molecule has 3 aromatic rings. The van der Waals surface area contributed by atoms with Crippen LogP contribution in [-0.2, 0) is 32.2 Å². The SMILES string of the molecule is Nc1ccn([C@H]2C[C@H](O)[C@@H](COP(=O)(O)O[C@H]3C[C@H](n4cnc5c(N)ncnc54)O[C@@H]3CO[P+](=O)O)O2)c(=O)n1. The molecule has 0 radical (unpaired) electrons. The maximum Gasteiger partial charge on any atom is 0.694 e. The van der Waals surface area contributed by atoms with Gasteiger partial charge in [-0.05, 0) is 6.07 Å². The lowest BCUT2D eigenvalue weighted by molar-refractivity contribution is -0.0549. The molecular formula is C19H25N8O11P2+. The van der Waals surface area contributed by atoms with Crippen molar-refractivity contribution >= 4 is 38.9 Å². The third-order valence-electron chi connectivity index (χ3n) is 6.26. The summed E-state index contributed by atoms with van der Waals surface area (Å²) in [5.74, 6) is 0.153. The van der Waals surface area contributed by atoms with Crippen LogP contribution in [0.3, 0.4) is 0 Å². The van der Waals surface area contributed by atoms with E-state index < -0.39 is 71.9 Å². The van der Waals surface area contributed by atoms with E-state index in [4.69, 9.17) is 39.4 Å². The van der Waals surface area contributed by atoms with E-state index in [0.29, 0.717) is 11.2 Å². The monoisotopic (exact) mass is 603 g/mol. The lowest BCUT2D eigenvalue weighted by Gasteiger charge is -2.21. The molecule has 19 nitrogen and oxygen atoms in total. The van der Waals surface area contributed by atoms with Gasteiger partial charge in [0, 0.05) is 23.6 Å². The van der Waals surface area contributed by atoms with E-state index in [1.54, 1.807) is 0 Å². The molecule has 0 saturated carbocycles. The van der Waals surface area contributed by atoms with Gasteiger partial charge in [-0.25, -0.2) is 24.3 Å². The summed E-state index contributed by atoms with van der Waals surface area (Å²) in [7, 11) is -7.79.